The summed E-state index contributed by atoms with van der Waals surface area (Å²) in [6.07, 6.45) is 2.21. The molecule has 1 atom stereocenters. The minimum atomic E-state index is -0.621. The quantitative estimate of drug-likeness (QED) is 0.817. The molecule has 5 heteroatoms. The zero-order valence-corrected chi connectivity index (χ0v) is 16.8. The number of amides is 1. The predicted molar refractivity (Wildman–Crippen MR) is 104 cm³/mol. The first-order valence-corrected chi connectivity index (χ1v) is 9.50. The molecule has 26 heavy (non-hydrogen) atoms. The second-order valence-electron chi connectivity index (χ2n) is 8.96. The van der Waals surface area contributed by atoms with E-state index < -0.39 is 5.60 Å². The smallest absolute Gasteiger partial charge is 0.258 e. The van der Waals surface area contributed by atoms with Gasteiger partial charge in [0.15, 0.2) is 6.61 Å². The highest BCUT2D eigenvalue weighted by molar-refractivity contribution is 5.78. The van der Waals surface area contributed by atoms with Gasteiger partial charge in [-0.3, -0.25) is 9.69 Å². The number of carbonyl (C=O) groups is 1. The number of likely N-dealkylation sites (tertiary alicyclic amines) is 1. The van der Waals surface area contributed by atoms with Crippen LogP contribution in [0.2, 0.25) is 0 Å². The van der Waals surface area contributed by atoms with Crippen LogP contribution in [0.1, 0.15) is 53.0 Å². The highest BCUT2D eigenvalue weighted by Gasteiger charge is 2.31. The van der Waals surface area contributed by atoms with Crippen LogP contribution in [0.3, 0.4) is 0 Å². The molecule has 5 nitrogen and oxygen atoms in total. The van der Waals surface area contributed by atoms with Crippen LogP contribution in [0.5, 0.6) is 5.75 Å². The largest absolute Gasteiger partial charge is 0.484 e. The summed E-state index contributed by atoms with van der Waals surface area (Å²) in [5, 5.41) is 13.1. The van der Waals surface area contributed by atoms with E-state index in [9.17, 15) is 9.90 Å². The number of hydrogen-bond acceptors (Lipinski definition) is 4. The lowest BCUT2D eigenvalue weighted by molar-refractivity contribution is -0.124. The maximum Gasteiger partial charge on any atom is 0.258 e. The van der Waals surface area contributed by atoms with Gasteiger partial charge in [-0.2, -0.15) is 0 Å². The lowest BCUT2D eigenvalue weighted by atomic mass is 9.84. The molecule has 2 N–H and O–H groups in total. The molecule has 0 aliphatic carbocycles. The first kappa shape index (κ1) is 20.7. The van der Waals surface area contributed by atoms with Crippen LogP contribution in [0.15, 0.2) is 24.3 Å². The van der Waals surface area contributed by atoms with Crippen molar-refractivity contribution in [3.63, 3.8) is 0 Å². The normalized spacial score (nSPS) is 19.2. The third-order valence-corrected chi connectivity index (χ3v) is 4.72. The van der Waals surface area contributed by atoms with E-state index in [1.807, 2.05) is 58.9 Å². The number of rotatable bonds is 6. The minimum absolute atomic E-state index is 0.0238. The van der Waals surface area contributed by atoms with E-state index in [-0.39, 0.29) is 18.1 Å². The number of aliphatic hydroxyl groups is 1. The Morgan fingerprint density at radius 2 is 1.88 bits per heavy atom. The molecule has 1 aromatic carbocycles. The Labute approximate surface area is 157 Å². The number of nitrogens with zero attached hydrogens (tertiary/aromatic N) is 1. The first-order chi connectivity index (χ1) is 12.0. The molecule has 0 aromatic heterocycles. The summed E-state index contributed by atoms with van der Waals surface area (Å²) >= 11 is 0. The molecule has 1 heterocycles. The Hall–Kier alpha value is -1.59. The fraction of sp³-hybridized carbons (Fsp3) is 0.667. The standard InChI is InChI=1S/C21H34N2O3/c1-20(2,3)22-19(24)15-26-18-10-8-16(9-11-18)13-23-12-6-7-17(14-23)21(4,5)25/h8-11,17,25H,6-7,12-15H2,1-5H3,(H,22,24)/t17-/m1/s1. The zero-order valence-electron chi connectivity index (χ0n) is 16.8. The highest BCUT2D eigenvalue weighted by atomic mass is 16.5. The van der Waals surface area contributed by atoms with Gasteiger partial charge in [0.2, 0.25) is 0 Å². The van der Waals surface area contributed by atoms with Gasteiger partial charge in [-0.05, 0) is 77.6 Å². The fourth-order valence-electron chi connectivity index (χ4n) is 3.33. The fourth-order valence-corrected chi connectivity index (χ4v) is 3.33. The number of benzene rings is 1. The molecule has 0 saturated carbocycles. The molecule has 0 radical (unpaired) electrons. The Balaban J connectivity index is 1.83. The molecule has 1 aliphatic heterocycles. The molecular weight excluding hydrogens is 328 g/mol. The molecule has 1 aliphatic rings. The molecule has 0 spiro atoms. The van der Waals surface area contributed by atoms with Gasteiger partial charge in [-0.25, -0.2) is 0 Å². The van der Waals surface area contributed by atoms with Gasteiger partial charge in [-0.15, -0.1) is 0 Å². The number of hydrogen-bond donors (Lipinski definition) is 2. The molecular formula is C21H34N2O3. The summed E-state index contributed by atoms with van der Waals surface area (Å²) < 4.78 is 5.56. The van der Waals surface area contributed by atoms with Gasteiger partial charge in [0.05, 0.1) is 5.60 Å². The Morgan fingerprint density at radius 3 is 2.46 bits per heavy atom. The molecule has 1 aromatic rings. The van der Waals surface area contributed by atoms with Crippen LogP contribution in [0.25, 0.3) is 0 Å². The second-order valence-corrected chi connectivity index (χ2v) is 8.96. The topological polar surface area (TPSA) is 61.8 Å². The van der Waals surface area contributed by atoms with Gasteiger partial charge in [0.1, 0.15) is 5.75 Å². The van der Waals surface area contributed by atoms with Gasteiger partial charge in [0.25, 0.3) is 5.91 Å². The maximum atomic E-state index is 11.8. The van der Waals surface area contributed by atoms with Crippen LogP contribution in [-0.2, 0) is 11.3 Å². The molecule has 1 amide bonds. The summed E-state index contributed by atoms with van der Waals surface area (Å²) in [6, 6.07) is 7.92. The van der Waals surface area contributed by atoms with E-state index >= 15 is 0 Å². The van der Waals surface area contributed by atoms with Crippen LogP contribution in [0.4, 0.5) is 0 Å². The van der Waals surface area contributed by atoms with E-state index in [4.69, 9.17) is 4.74 Å². The minimum Gasteiger partial charge on any atom is -0.484 e. The van der Waals surface area contributed by atoms with E-state index in [0.717, 1.165) is 32.5 Å². The Morgan fingerprint density at radius 1 is 1.23 bits per heavy atom. The molecule has 0 unspecified atom stereocenters. The van der Waals surface area contributed by atoms with Crippen LogP contribution < -0.4 is 10.1 Å². The van der Waals surface area contributed by atoms with Gasteiger partial charge < -0.3 is 15.2 Å². The number of nitrogens with one attached hydrogen (secondary N) is 1. The van der Waals surface area contributed by atoms with Gasteiger partial charge in [-0.1, -0.05) is 12.1 Å². The van der Waals surface area contributed by atoms with Crippen LogP contribution >= 0.6 is 0 Å². The van der Waals surface area contributed by atoms with Crippen molar-refractivity contribution < 1.29 is 14.6 Å². The third-order valence-electron chi connectivity index (χ3n) is 4.72. The molecule has 146 valence electrons. The van der Waals surface area contributed by atoms with Crippen molar-refractivity contribution in [3.8, 4) is 5.75 Å². The molecule has 1 fully saturated rings. The third kappa shape index (κ3) is 6.96. The summed E-state index contributed by atoms with van der Waals surface area (Å²) in [5.41, 5.74) is 0.344. The maximum absolute atomic E-state index is 11.8. The van der Waals surface area contributed by atoms with Crippen molar-refractivity contribution in [2.24, 2.45) is 5.92 Å². The second kappa shape index (κ2) is 8.40. The van der Waals surface area contributed by atoms with E-state index in [2.05, 4.69) is 10.2 Å². The molecule has 2 rings (SSSR count). The first-order valence-electron chi connectivity index (χ1n) is 9.50. The number of piperidine rings is 1. The monoisotopic (exact) mass is 362 g/mol. The van der Waals surface area contributed by atoms with Crippen LogP contribution in [0, 0.1) is 5.92 Å². The van der Waals surface area contributed by atoms with Crippen LogP contribution in [-0.4, -0.2) is 46.7 Å². The lowest BCUT2D eigenvalue weighted by Gasteiger charge is -2.38. The van der Waals surface area contributed by atoms with Gasteiger partial charge in [0, 0.05) is 18.6 Å². The SMILES string of the molecule is CC(C)(C)NC(=O)COc1ccc(CN2CCC[C@@H](C(C)(C)O)C2)cc1. The summed E-state index contributed by atoms with van der Waals surface area (Å²) in [6.45, 7) is 12.5. The van der Waals surface area contributed by atoms with Gasteiger partial charge >= 0.3 is 0 Å². The Kier molecular flexibility index (Phi) is 6.69. The van der Waals surface area contributed by atoms with Crippen molar-refractivity contribution in [2.45, 2.75) is 65.1 Å². The Bertz CT molecular complexity index is 585. The van der Waals surface area contributed by atoms with E-state index in [1.165, 1.54) is 5.56 Å². The average molecular weight is 363 g/mol. The molecule has 1 saturated heterocycles. The summed E-state index contributed by atoms with van der Waals surface area (Å²) in [7, 11) is 0. The van der Waals surface area contributed by atoms with Crippen molar-refractivity contribution in [1.82, 2.24) is 10.2 Å². The number of ether oxygens (including phenoxy) is 1. The summed E-state index contributed by atoms with van der Waals surface area (Å²) in [4.78, 5) is 14.2. The van der Waals surface area contributed by atoms with E-state index in [1.54, 1.807) is 0 Å². The number of carbonyl (C=O) groups excluding carboxylic acids is 1. The van der Waals surface area contributed by atoms with Crippen molar-refractivity contribution in [1.29, 1.82) is 0 Å². The highest BCUT2D eigenvalue weighted by Crippen LogP contribution is 2.27. The predicted octanol–water partition coefficient (Wildman–Crippen LogP) is 2.96. The average Bonchev–Trinajstić information content (AvgIpc) is 2.52. The van der Waals surface area contributed by atoms with E-state index in [0.29, 0.717) is 11.7 Å². The van der Waals surface area contributed by atoms with Crippen molar-refractivity contribution in [2.75, 3.05) is 19.7 Å². The lowest BCUT2D eigenvalue weighted by Crippen LogP contribution is -2.44. The zero-order chi connectivity index (χ0) is 19.4. The summed E-state index contributed by atoms with van der Waals surface area (Å²) in [5.74, 6) is 0.901. The van der Waals surface area contributed by atoms with Crippen molar-refractivity contribution >= 4 is 5.91 Å². The van der Waals surface area contributed by atoms with Crippen molar-refractivity contribution in [3.05, 3.63) is 29.8 Å². The molecule has 0 bridgehead atoms.